The van der Waals surface area contributed by atoms with Crippen LogP contribution in [0.15, 0.2) is 185 Å². The van der Waals surface area contributed by atoms with E-state index in [0.717, 1.165) is 82.8 Å². The summed E-state index contributed by atoms with van der Waals surface area (Å²) >= 11 is 0. The molecule has 0 fully saturated rings. The summed E-state index contributed by atoms with van der Waals surface area (Å²) in [6.45, 7) is 4.11. The molecule has 0 spiro atoms. The standard InChI is InChI=1S/C49H35NO2/c1-3-15-38(4-2)50-44-23-12-11-20-42(44)47-39(21-13-24-45(47)50)34-26-27-41-43(31-34)49(51)52-46-25-14-22-40(48(41)46)37-29-35(32-16-7-5-8-17-32)28-36(30-37)33-18-9-6-10-19-33/h3-31H,1-2H3/b15-3-,38-4+. The highest BCUT2D eigenvalue weighted by molar-refractivity contribution is 6.18. The van der Waals surface area contributed by atoms with Gasteiger partial charge in [-0.15, -0.1) is 0 Å². The van der Waals surface area contributed by atoms with Crippen LogP contribution in [0.3, 0.4) is 0 Å². The predicted octanol–water partition coefficient (Wildman–Crippen LogP) is 13.2. The maximum absolute atomic E-state index is 13.8. The summed E-state index contributed by atoms with van der Waals surface area (Å²) in [6.07, 6.45) is 6.35. The Kier molecular flexibility index (Phi) is 7.75. The van der Waals surface area contributed by atoms with Crippen LogP contribution < -0.4 is 5.63 Å². The summed E-state index contributed by atoms with van der Waals surface area (Å²) in [7, 11) is 0. The molecule has 2 heterocycles. The average molecular weight is 670 g/mol. The summed E-state index contributed by atoms with van der Waals surface area (Å²) in [5.74, 6) is 0. The molecule has 52 heavy (non-hydrogen) atoms. The molecular formula is C49H35NO2. The second-order valence-electron chi connectivity index (χ2n) is 13.1. The molecule has 9 rings (SSSR count). The molecule has 0 bridgehead atoms. The lowest BCUT2D eigenvalue weighted by Crippen LogP contribution is -2.01. The van der Waals surface area contributed by atoms with Gasteiger partial charge in [-0.3, -0.25) is 0 Å². The molecule has 0 N–H and O–H groups in total. The predicted molar refractivity (Wildman–Crippen MR) is 219 cm³/mol. The third-order valence-electron chi connectivity index (χ3n) is 10.1. The first-order valence-electron chi connectivity index (χ1n) is 17.7. The van der Waals surface area contributed by atoms with Crippen molar-refractivity contribution in [2.75, 3.05) is 0 Å². The van der Waals surface area contributed by atoms with Crippen molar-refractivity contribution in [1.82, 2.24) is 4.57 Å². The van der Waals surface area contributed by atoms with Gasteiger partial charge in [0, 0.05) is 27.2 Å². The molecule has 0 aliphatic heterocycles. The molecule has 0 saturated carbocycles. The fourth-order valence-electron chi connectivity index (χ4n) is 7.77. The van der Waals surface area contributed by atoms with Crippen LogP contribution in [0, 0.1) is 0 Å². The zero-order valence-corrected chi connectivity index (χ0v) is 29.0. The summed E-state index contributed by atoms with van der Waals surface area (Å²) < 4.78 is 8.43. The molecule has 0 aliphatic carbocycles. The summed E-state index contributed by atoms with van der Waals surface area (Å²) in [5.41, 5.74) is 12.2. The van der Waals surface area contributed by atoms with Crippen LogP contribution in [0.25, 0.3) is 93.8 Å². The van der Waals surface area contributed by atoms with E-state index in [9.17, 15) is 4.79 Å². The Balaban J connectivity index is 1.28. The first kappa shape index (κ1) is 31.3. The van der Waals surface area contributed by atoms with E-state index in [1.165, 1.54) is 0 Å². The third kappa shape index (κ3) is 5.18. The van der Waals surface area contributed by atoms with Crippen molar-refractivity contribution in [3.05, 3.63) is 186 Å². The monoisotopic (exact) mass is 669 g/mol. The van der Waals surface area contributed by atoms with Crippen LogP contribution in [-0.4, -0.2) is 4.57 Å². The minimum atomic E-state index is -0.344. The molecule has 3 nitrogen and oxygen atoms in total. The Morgan fingerprint density at radius 3 is 1.81 bits per heavy atom. The van der Waals surface area contributed by atoms with E-state index in [-0.39, 0.29) is 5.63 Å². The first-order valence-corrected chi connectivity index (χ1v) is 17.7. The van der Waals surface area contributed by atoms with Crippen molar-refractivity contribution < 1.29 is 4.42 Å². The van der Waals surface area contributed by atoms with Crippen LogP contribution in [-0.2, 0) is 0 Å². The Hall–Kier alpha value is -6.71. The van der Waals surface area contributed by atoms with Crippen LogP contribution in [0.1, 0.15) is 13.8 Å². The van der Waals surface area contributed by atoms with Crippen molar-refractivity contribution >= 4 is 49.2 Å². The first-order chi connectivity index (χ1) is 25.6. The van der Waals surface area contributed by atoms with Crippen LogP contribution in [0.5, 0.6) is 0 Å². The van der Waals surface area contributed by atoms with Crippen molar-refractivity contribution in [1.29, 1.82) is 0 Å². The zero-order valence-electron chi connectivity index (χ0n) is 29.0. The molecule has 2 aromatic heterocycles. The van der Waals surface area contributed by atoms with Gasteiger partial charge in [0.1, 0.15) is 5.58 Å². The van der Waals surface area contributed by atoms with Crippen molar-refractivity contribution in [3.63, 3.8) is 0 Å². The molecule has 0 unspecified atom stereocenters. The van der Waals surface area contributed by atoms with E-state index in [4.69, 9.17) is 4.42 Å². The van der Waals surface area contributed by atoms with Gasteiger partial charge in [-0.1, -0.05) is 127 Å². The minimum Gasteiger partial charge on any atom is -0.422 e. The molecule has 3 heteroatoms. The van der Waals surface area contributed by atoms with Crippen LogP contribution in [0.2, 0.25) is 0 Å². The SMILES string of the molecule is C/C=C\C(=C/C)n1c2ccccc2c2c(-c3ccc4c(c3)c(=O)oc3cccc(-c5cc(-c6ccccc6)cc(-c6ccccc6)c5)c34)cccc21. The highest BCUT2D eigenvalue weighted by Crippen LogP contribution is 2.41. The summed E-state index contributed by atoms with van der Waals surface area (Å²) in [5, 5.41) is 4.67. The fraction of sp³-hybridized carbons (Fsp3) is 0.0408. The van der Waals surface area contributed by atoms with Crippen molar-refractivity contribution in [2.45, 2.75) is 13.8 Å². The van der Waals surface area contributed by atoms with Gasteiger partial charge < -0.3 is 8.98 Å². The lowest BCUT2D eigenvalue weighted by atomic mass is 9.90. The molecular weight excluding hydrogens is 635 g/mol. The second kappa shape index (κ2) is 12.9. The molecule has 0 aliphatic rings. The number of para-hydroxylation sites is 1. The molecule has 7 aromatic carbocycles. The van der Waals surface area contributed by atoms with Crippen LogP contribution >= 0.6 is 0 Å². The molecule has 0 saturated heterocycles. The number of hydrogen-bond donors (Lipinski definition) is 0. The van der Waals surface area contributed by atoms with E-state index >= 15 is 0 Å². The second-order valence-corrected chi connectivity index (χ2v) is 13.1. The molecule has 0 radical (unpaired) electrons. The zero-order chi connectivity index (χ0) is 35.2. The van der Waals surface area contributed by atoms with Crippen molar-refractivity contribution in [3.8, 4) is 44.5 Å². The number of fused-ring (bicyclic) bond motifs is 6. The lowest BCUT2D eigenvalue weighted by molar-refractivity contribution is 0.570. The topological polar surface area (TPSA) is 35.1 Å². The molecule has 248 valence electrons. The number of allylic oxidation sites excluding steroid dienone is 4. The summed E-state index contributed by atoms with van der Waals surface area (Å²) in [6, 6.07) is 54.9. The minimum absolute atomic E-state index is 0.344. The van der Waals surface area contributed by atoms with E-state index < -0.39 is 0 Å². The number of rotatable bonds is 6. The van der Waals surface area contributed by atoms with Gasteiger partial charge >= 0.3 is 5.63 Å². The van der Waals surface area contributed by atoms with E-state index in [0.29, 0.717) is 11.0 Å². The molecule has 0 amide bonds. The van der Waals surface area contributed by atoms with E-state index in [1.807, 2.05) is 37.3 Å². The maximum Gasteiger partial charge on any atom is 0.344 e. The number of nitrogens with zero attached hydrogens (tertiary/aromatic N) is 1. The lowest BCUT2D eigenvalue weighted by Gasteiger charge is -2.14. The van der Waals surface area contributed by atoms with Gasteiger partial charge in [0.15, 0.2) is 0 Å². The van der Waals surface area contributed by atoms with Gasteiger partial charge in [0.25, 0.3) is 0 Å². The Morgan fingerprint density at radius 2 is 1.12 bits per heavy atom. The summed E-state index contributed by atoms with van der Waals surface area (Å²) in [4.78, 5) is 13.8. The Labute approximate surface area is 302 Å². The third-order valence-corrected chi connectivity index (χ3v) is 10.1. The van der Waals surface area contributed by atoms with Gasteiger partial charge in [-0.2, -0.15) is 0 Å². The van der Waals surface area contributed by atoms with E-state index in [1.54, 1.807) is 0 Å². The van der Waals surface area contributed by atoms with Gasteiger partial charge in [-0.05, 0) is 107 Å². The van der Waals surface area contributed by atoms with Gasteiger partial charge in [0.2, 0.25) is 0 Å². The highest BCUT2D eigenvalue weighted by Gasteiger charge is 2.19. The maximum atomic E-state index is 13.8. The Morgan fingerprint density at radius 1 is 0.500 bits per heavy atom. The average Bonchev–Trinajstić information content (AvgIpc) is 3.54. The van der Waals surface area contributed by atoms with Crippen LogP contribution in [0.4, 0.5) is 0 Å². The fourth-order valence-corrected chi connectivity index (χ4v) is 7.77. The smallest absolute Gasteiger partial charge is 0.344 e. The van der Waals surface area contributed by atoms with E-state index in [2.05, 4.69) is 157 Å². The largest absolute Gasteiger partial charge is 0.422 e. The Bertz CT molecular complexity index is 2870. The van der Waals surface area contributed by atoms with Gasteiger partial charge in [-0.25, -0.2) is 4.79 Å². The quantitative estimate of drug-likeness (QED) is 0.100. The molecule has 9 aromatic rings. The number of hydrogen-bond acceptors (Lipinski definition) is 2. The highest BCUT2D eigenvalue weighted by atomic mass is 16.4. The van der Waals surface area contributed by atoms with Gasteiger partial charge in [0.05, 0.1) is 16.4 Å². The number of benzene rings is 7. The number of aromatic nitrogens is 1. The molecule has 0 atom stereocenters. The van der Waals surface area contributed by atoms with Crippen molar-refractivity contribution in [2.24, 2.45) is 0 Å². The normalized spacial score (nSPS) is 12.2.